The molecule has 7 heteroatoms. The minimum atomic E-state index is -0.413. The van der Waals surface area contributed by atoms with Crippen LogP contribution in [0.3, 0.4) is 0 Å². The highest BCUT2D eigenvalue weighted by molar-refractivity contribution is 9.10. The van der Waals surface area contributed by atoms with E-state index in [0.717, 1.165) is 9.35 Å². The molecule has 1 unspecified atom stereocenters. The first kappa shape index (κ1) is 15.7. The molecule has 2 aromatic rings. The molecule has 1 atom stereocenters. The first-order valence-electron chi connectivity index (χ1n) is 6.12. The predicted octanol–water partition coefficient (Wildman–Crippen LogP) is 2.94. The molecular formula is C14H13BrN2O3S. The van der Waals surface area contributed by atoms with Gasteiger partial charge in [0.2, 0.25) is 0 Å². The lowest BCUT2D eigenvalue weighted by molar-refractivity contribution is -0.141. The fourth-order valence-electron chi connectivity index (χ4n) is 1.74. The third-order valence-electron chi connectivity index (χ3n) is 2.76. The molecule has 0 aliphatic rings. The Bertz CT molecular complexity index is 631. The standard InChI is InChI=1S/C14H13BrN2O3S/c1-20-13(18)6-11(12-3-2-4-21-12)17-14(19)9-5-10(15)8-16-7-9/h2-5,7-8,11H,6H2,1H3,(H,17,19). The molecule has 1 amide bonds. The topological polar surface area (TPSA) is 68.3 Å². The maximum atomic E-state index is 12.3. The largest absolute Gasteiger partial charge is 0.469 e. The van der Waals surface area contributed by atoms with Crippen LogP contribution in [0.25, 0.3) is 0 Å². The number of hydrogen-bond acceptors (Lipinski definition) is 5. The number of thiophene rings is 1. The van der Waals surface area contributed by atoms with Crippen molar-refractivity contribution in [3.8, 4) is 0 Å². The van der Waals surface area contributed by atoms with E-state index >= 15 is 0 Å². The Morgan fingerprint density at radius 3 is 2.90 bits per heavy atom. The quantitative estimate of drug-likeness (QED) is 0.823. The van der Waals surface area contributed by atoms with Crippen molar-refractivity contribution < 1.29 is 14.3 Å². The summed E-state index contributed by atoms with van der Waals surface area (Å²) in [5, 5.41) is 4.73. The zero-order valence-corrected chi connectivity index (χ0v) is 13.6. The van der Waals surface area contributed by atoms with Gasteiger partial charge in [-0.05, 0) is 33.4 Å². The number of esters is 1. The number of hydrogen-bond donors (Lipinski definition) is 1. The van der Waals surface area contributed by atoms with E-state index in [0.29, 0.717) is 5.56 Å². The molecule has 0 bridgehead atoms. The van der Waals surface area contributed by atoms with Gasteiger partial charge >= 0.3 is 5.97 Å². The predicted molar refractivity (Wildman–Crippen MR) is 83.1 cm³/mol. The van der Waals surface area contributed by atoms with Gasteiger partial charge in [0, 0.05) is 21.7 Å². The average molecular weight is 369 g/mol. The number of pyridine rings is 1. The lowest BCUT2D eigenvalue weighted by Crippen LogP contribution is -2.30. The van der Waals surface area contributed by atoms with Gasteiger partial charge in [0.1, 0.15) is 0 Å². The fraction of sp³-hybridized carbons (Fsp3) is 0.214. The minimum Gasteiger partial charge on any atom is -0.469 e. The molecule has 1 N–H and O–H groups in total. The number of nitrogens with zero attached hydrogens (tertiary/aromatic N) is 1. The van der Waals surface area contributed by atoms with Gasteiger partial charge in [-0.1, -0.05) is 6.07 Å². The third kappa shape index (κ3) is 4.37. The molecule has 0 aromatic carbocycles. The summed E-state index contributed by atoms with van der Waals surface area (Å²) in [5.74, 6) is -0.660. The molecule has 2 heterocycles. The second-order valence-electron chi connectivity index (χ2n) is 4.21. The number of ether oxygens (including phenoxy) is 1. The van der Waals surface area contributed by atoms with E-state index < -0.39 is 6.04 Å². The van der Waals surface area contributed by atoms with Gasteiger partial charge in [0.25, 0.3) is 5.91 Å². The van der Waals surface area contributed by atoms with Crippen molar-refractivity contribution in [2.75, 3.05) is 7.11 Å². The maximum Gasteiger partial charge on any atom is 0.307 e. The van der Waals surface area contributed by atoms with E-state index in [1.807, 2.05) is 17.5 Å². The van der Waals surface area contributed by atoms with Crippen molar-refractivity contribution in [1.82, 2.24) is 10.3 Å². The SMILES string of the molecule is COC(=O)CC(NC(=O)c1cncc(Br)c1)c1cccs1. The van der Waals surface area contributed by atoms with Crippen LogP contribution in [0, 0.1) is 0 Å². The van der Waals surface area contributed by atoms with Crippen LogP contribution < -0.4 is 5.32 Å². The maximum absolute atomic E-state index is 12.3. The van der Waals surface area contributed by atoms with E-state index in [4.69, 9.17) is 0 Å². The lowest BCUT2D eigenvalue weighted by Gasteiger charge is -2.16. The molecule has 0 fully saturated rings. The van der Waals surface area contributed by atoms with Crippen molar-refractivity contribution in [2.45, 2.75) is 12.5 Å². The molecule has 5 nitrogen and oxygen atoms in total. The highest BCUT2D eigenvalue weighted by Gasteiger charge is 2.20. The number of halogens is 1. The van der Waals surface area contributed by atoms with Gasteiger partial charge in [-0.3, -0.25) is 14.6 Å². The Balaban J connectivity index is 2.15. The summed E-state index contributed by atoms with van der Waals surface area (Å²) in [7, 11) is 1.33. The number of methoxy groups -OCH3 is 1. The molecule has 110 valence electrons. The molecule has 0 radical (unpaired) electrons. The number of amides is 1. The van der Waals surface area contributed by atoms with E-state index in [9.17, 15) is 9.59 Å². The number of rotatable bonds is 5. The number of carbonyl (C=O) groups is 2. The zero-order valence-electron chi connectivity index (χ0n) is 11.2. The first-order valence-corrected chi connectivity index (χ1v) is 7.79. The zero-order chi connectivity index (χ0) is 15.2. The second kappa shape index (κ2) is 7.33. The highest BCUT2D eigenvalue weighted by Crippen LogP contribution is 2.23. The van der Waals surface area contributed by atoms with Gasteiger partial charge in [0.05, 0.1) is 25.1 Å². The Morgan fingerprint density at radius 2 is 2.29 bits per heavy atom. The van der Waals surface area contributed by atoms with Crippen LogP contribution in [0.2, 0.25) is 0 Å². The number of aromatic nitrogens is 1. The monoisotopic (exact) mass is 368 g/mol. The lowest BCUT2D eigenvalue weighted by atomic mass is 10.1. The molecule has 0 saturated heterocycles. The Labute approximate surface area is 134 Å². The number of nitrogens with one attached hydrogen (secondary N) is 1. The molecule has 2 rings (SSSR count). The van der Waals surface area contributed by atoms with Crippen molar-refractivity contribution in [3.05, 3.63) is 50.9 Å². The normalized spacial score (nSPS) is 11.7. The first-order chi connectivity index (χ1) is 10.1. The minimum absolute atomic E-state index is 0.0875. The number of carbonyl (C=O) groups excluding carboxylic acids is 2. The van der Waals surface area contributed by atoms with Crippen LogP contribution in [0.4, 0.5) is 0 Å². The van der Waals surface area contributed by atoms with Gasteiger partial charge in [0.15, 0.2) is 0 Å². The van der Waals surface area contributed by atoms with Gasteiger partial charge in [-0.25, -0.2) is 0 Å². The summed E-state index contributed by atoms with van der Waals surface area (Å²) < 4.78 is 5.40. The molecule has 21 heavy (non-hydrogen) atoms. The van der Waals surface area contributed by atoms with Crippen molar-refractivity contribution >= 4 is 39.1 Å². The molecule has 0 spiro atoms. The smallest absolute Gasteiger partial charge is 0.307 e. The highest BCUT2D eigenvalue weighted by atomic mass is 79.9. The molecule has 0 aliphatic carbocycles. The Hall–Kier alpha value is -1.73. The van der Waals surface area contributed by atoms with Crippen molar-refractivity contribution in [2.24, 2.45) is 0 Å². The summed E-state index contributed by atoms with van der Waals surface area (Å²) in [6, 6.07) is 5.00. The Kier molecular flexibility index (Phi) is 5.46. The van der Waals surface area contributed by atoms with Crippen LogP contribution in [-0.4, -0.2) is 24.0 Å². The van der Waals surface area contributed by atoms with Crippen LogP contribution in [0.15, 0.2) is 40.4 Å². The third-order valence-corrected chi connectivity index (χ3v) is 4.18. The van der Waals surface area contributed by atoms with Crippen molar-refractivity contribution in [3.63, 3.8) is 0 Å². The van der Waals surface area contributed by atoms with Crippen LogP contribution in [0.1, 0.15) is 27.7 Å². The van der Waals surface area contributed by atoms with Crippen LogP contribution in [0.5, 0.6) is 0 Å². The van der Waals surface area contributed by atoms with Gasteiger partial charge in [-0.15, -0.1) is 11.3 Å². The van der Waals surface area contributed by atoms with E-state index in [1.165, 1.54) is 24.6 Å². The summed E-state index contributed by atoms with van der Waals surface area (Å²) in [5.41, 5.74) is 0.427. The molecule has 2 aromatic heterocycles. The summed E-state index contributed by atoms with van der Waals surface area (Å²) in [6.07, 6.45) is 3.16. The summed E-state index contributed by atoms with van der Waals surface area (Å²) >= 11 is 4.75. The van der Waals surface area contributed by atoms with E-state index in [2.05, 4.69) is 31.0 Å². The van der Waals surface area contributed by atoms with E-state index in [1.54, 1.807) is 12.3 Å². The average Bonchev–Trinajstić information content (AvgIpc) is 3.00. The van der Waals surface area contributed by atoms with Crippen LogP contribution in [-0.2, 0) is 9.53 Å². The fourth-order valence-corrected chi connectivity index (χ4v) is 2.88. The molecule has 0 aliphatic heterocycles. The second-order valence-corrected chi connectivity index (χ2v) is 6.11. The van der Waals surface area contributed by atoms with Crippen molar-refractivity contribution in [1.29, 1.82) is 0 Å². The summed E-state index contributed by atoms with van der Waals surface area (Å²) in [6.45, 7) is 0. The van der Waals surface area contributed by atoms with Crippen LogP contribution >= 0.6 is 27.3 Å². The van der Waals surface area contributed by atoms with Gasteiger partial charge < -0.3 is 10.1 Å². The Morgan fingerprint density at radius 1 is 1.48 bits per heavy atom. The van der Waals surface area contributed by atoms with E-state index in [-0.39, 0.29) is 18.3 Å². The summed E-state index contributed by atoms with van der Waals surface area (Å²) in [4.78, 5) is 28.6. The molecule has 0 saturated carbocycles. The molecular weight excluding hydrogens is 356 g/mol. The van der Waals surface area contributed by atoms with Gasteiger partial charge in [-0.2, -0.15) is 0 Å².